The van der Waals surface area contributed by atoms with Crippen molar-refractivity contribution in [2.24, 2.45) is 0 Å². The van der Waals surface area contributed by atoms with Gasteiger partial charge in [-0.25, -0.2) is 0 Å². The molecule has 1 aliphatic heterocycles. The summed E-state index contributed by atoms with van der Waals surface area (Å²) in [5, 5.41) is 8.45. The van der Waals surface area contributed by atoms with Gasteiger partial charge in [-0.05, 0) is 0 Å². The zero-order valence-electron chi connectivity index (χ0n) is 5.11. The molecule has 0 bridgehead atoms. The number of hydrogen-bond acceptors (Lipinski definition) is 4. The molecule has 0 aromatic carbocycles. The van der Waals surface area contributed by atoms with Crippen LogP contribution in [-0.2, 0) is 14.3 Å². The molecule has 0 aromatic rings. The highest BCUT2D eigenvalue weighted by atomic mass is 16.5. The minimum Gasteiger partial charge on any atom is -0.487 e. The molecule has 0 saturated carbocycles. The summed E-state index contributed by atoms with van der Waals surface area (Å²) in [5.74, 6) is -1.31. The van der Waals surface area contributed by atoms with Gasteiger partial charge in [0.1, 0.15) is 0 Å². The summed E-state index contributed by atoms with van der Waals surface area (Å²) >= 11 is 0. The van der Waals surface area contributed by atoms with Gasteiger partial charge in [0.05, 0.1) is 12.9 Å². The first kappa shape index (κ1) is 6.95. The van der Waals surface area contributed by atoms with Crippen LogP contribution in [0.2, 0.25) is 0 Å². The normalized spacial score (nSPS) is 24.7. The van der Waals surface area contributed by atoms with E-state index < -0.39 is 24.3 Å². The molecule has 4 nitrogen and oxygen atoms in total. The molecule has 1 N–H and O–H groups in total. The van der Waals surface area contributed by atoms with Crippen molar-refractivity contribution in [2.45, 2.75) is 6.10 Å². The Morgan fingerprint density at radius 1 is 1.60 bits per heavy atom. The van der Waals surface area contributed by atoms with E-state index >= 15 is 0 Å². The predicted molar refractivity (Wildman–Crippen MR) is 31.1 cm³/mol. The van der Waals surface area contributed by atoms with Gasteiger partial charge >= 0.3 is 0 Å². The number of aliphatic hydroxyl groups is 1. The first-order chi connectivity index (χ1) is 4.75. The number of Topliss-reactive ketones (excluding diaryl/α,β-unsaturated/α-hetero) is 1. The number of rotatable bonds is 1. The van der Waals surface area contributed by atoms with Crippen LogP contribution in [0, 0.1) is 0 Å². The van der Waals surface area contributed by atoms with Crippen LogP contribution in [0.15, 0.2) is 12.3 Å². The van der Waals surface area contributed by atoms with Gasteiger partial charge in [0.15, 0.2) is 6.10 Å². The van der Waals surface area contributed by atoms with E-state index in [4.69, 9.17) is 5.11 Å². The largest absolute Gasteiger partial charge is 0.487 e. The number of hydrogen-bond donors (Lipinski definition) is 1. The van der Waals surface area contributed by atoms with Gasteiger partial charge in [0.25, 0.3) is 0 Å². The van der Waals surface area contributed by atoms with Crippen LogP contribution in [0.3, 0.4) is 0 Å². The lowest BCUT2D eigenvalue weighted by molar-refractivity contribution is -0.142. The van der Waals surface area contributed by atoms with Crippen molar-refractivity contribution in [3.8, 4) is 0 Å². The van der Waals surface area contributed by atoms with Crippen molar-refractivity contribution in [1.82, 2.24) is 0 Å². The Balaban J connectivity index is 2.74. The molecule has 0 spiro atoms. The van der Waals surface area contributed by atoms with Crippen LogP contribution >= 0.6 is 0 Å². The molecule has 1 heterocycles. The SMILES string of the molecule is O=C1C=COC(CO)C1=O. The van der Waals surface area contributed by atoms with Crippen molar-refractivity contribution in [3.05, 3.63) is 12.3 Å². The van der Waals surface area contributed by atoms with Gasteiger partial charge in [0.2, 0.25) is 11.6 Å². The molecular formula is C6H6O4. The third-order valence-corrected chi connectivity index (χ3v) is 1.16. The summed E-state index contributed by atoms with van der Waals surface area (Å²) in [6.07, 6.45) is 1.16. The maximum atomic E-state index is 10.7. The molecule has 1 atom stereocenters. The van der Waals surface area contributed by atoms with E-state index in [1.54, 1.807) is 0 Å². The molecule has 1 aliphatic rings. The molecule has 0 aromatic heterocycles. The van der Waals surface area contributed by atoms with Crippen molar-refractivity contribution in [3.63, 3.8) is 0 Å². The average molecular weight is 142 g/mol. The maximum Gasteiger partial charge on any atom is 0.245 e. The Hall–Kier alpha value is -1.16. The van der Waals surface area contributed by atoms with Gasteiger partial charge < -0.3 is 9.84 Å². The van der Waals surface area contributed by atoms with Gasteiger partial charge in [-0.1, -0.05) is 0 Å². The summed E-state index contributed by atoms with van der Waals surface area (Å²) in [5.41, 5.74) is 0. The van der Waals surface area contributed by atoms with Gasteiger partial charge in [-0.3, -0.25) is 9.59 Å². The minimum atomic E-state index is -0.988. The highest BCUT2D eigenvalue weighted by Gasteiger charge is 2.26. The quantitative estimate of drug-likeness (QED) is 0.478. The zero-order chi connectivity index (χ0) is 7.56. The molecule has 4 heteroatoms. The fourth-order valence-corrected chi connectivity index (χ4v) is 0.624. The second-order valence-electron chi connectivity index (χ2n) is 1.84. The van der Waals surface area contributed by atoms with E-state index in [0.29, 0.717) is 0 Å². The van der Waals surface area contributed by atoms with Gasteiger partial charge in [-0.2, -0.15) is 0 Å². The summed E-state index contributed by atoms with van der Waals surface area (Å²) in [7, 11) is 0. The summed E-state index contributed by atoms with van der Waals surface area (Å²) in [6, 6.07) is 0. The first-order valence-corrected chi connectivity index (χ1v) is 2.76. The van der Waals surface area contributed by atoms with E-state index in [9.17, 15) is 9.59 Å². The number of aliphatic hydroxyl groups excluding tert-OH is 1. The molecule has 10 heavy (non-hydrogen) atoms. The Labute approximate surface area is 57.1 Å². The van der Waals surface area contributed by atoms with Crippen LogP contribution < -0.4 is 0 Å². The Bertz CT molecular complexity index is 194. The lowest BCUT2D eigenvalue weighted by Gasteiger charge is -2.13. The number of carbonyl (C=O) groups is 2. The van der Waals surface area contributed by atoms with Crippen LogP contribution in [0.4, 0.5) is 0 Å². The molecule has 0 aliphatic carbocycles. The lowest BCUT2D eigenvalue weighted by Crippen LogP contribution is -2.34. The molecule has 0 fully saturated rings. The number of carbonyl (C=O) groups excluding carboxylic acids is 2. The minimum absolute atomic E-state index is 0.449. The van der Waals surface area contributed by atoms with Gasteiger partial charge in [-0.15, -0.1) is 0 Å². The molecule has 0 amide bonds. The Morgan fingerprint density at radius 2 is 2.30 bits per heavy atom. The molecular weight excluding hydrogens is 136 g/mol. The molecule has 0 radical (unpaired) electrons. The summed E-state index contributed by atoms with van der Waals surface area (Å²) < 4.78 is 4.61. The fraction of sp³-hybridized carbons (Fsp3) is 0.333. The molecule has 1 unspecified atom stereocenters. The third-order valence-electron chi connectivity index (χ3n) is 1.16. The Kier molecular flexibility index (Phi) is 1.82. The van der Waals surface area contributed by atoms with Crippen molar-refractivity contribution >= 4 is 11.6 Å². The Morgan fingerprint density at radius 3 is 2.80 bits per heavy atom. The monoisotopic (exact) mass is 142 g/mol. The first-order valence-electron chi connectivity index (χ1n) is 2.76. The second kappa shape index (κ2) is 2.62. The predicted octanol–water partition coefficient (Wildman–Crippen LogP) is -0.971. The van der Waals surface area contributed by atoms with E-state index in [1.165, 1.54) is 0 Å². The van der Waals surface area contributed by atoms with Crippen molar-refractivity contribution < 1.29 is 19.4 Å². The lowest BCUT2D eigenvalue weighted by atomic mass is 10.1. The highest BCUT2D eigenvalue weighted by Crippen LogP contribution is 2.01. The van der Waals surface area contributed by atoms with Crippen molar-refractivity contribution in [2.75, 3.05) is 6.61 Å². The number of ketones is 2. The fourth-order valence-electron chi connectivity index (χ4n) is 0.624. The smallest absolute Gasteiger partial charge is 0.245 e. The topological polar surface area (TPSA) is 63.6 Å². The van der Waals surface area contributed by atoms with E-state index in [2.05, 4.69) is 4.74 Å². The summed E-state index contributed by atoms with van der Waals surface area (Å²) in [6.45, 7) is -0.449. The number of ether oxygens (including phenoxy) is 1. The molecule has 0 saturated heterocycles. The number of allylic oxidation sites excluding steroid dienone is 1. The van der Waals surface area contributed by atoms with Crippen LogP contribution in [-0.4, -0.2) is 29.4 Å². The maximum absolute atomic E-state index is 10.7. The highest BCUT2D eigenvalue weighted by molar-refractivity contribution is 6.43. The average Bonchev–Trinajstić information content (AvgIpc) is 1.95. The molecule has 1 rings (SSSR count). The van der Waals surface area contributed by atoms with Crippen LogP contribution in [0.1, 0.15) is 0 Å². The van der Waals surface area contributed by atoms with E-state index in [-0.39, 0.29) is 0 Å². The zero-order valence-corrected chi connectivity index (χ0v) is 5.11. The van der Waals surface area contributed by atoms with Crippen LogP contribution in [0.25, 0.3) is 0 Å². The third kappa shape index (κ3) is 1.06. The van der Waals surface area contributed by atoms with Gasteiger partial charge in [0, 0.05) is 6.08 Å². The standard InChI is InChI=1S/C6H6O4/c7-3-5-6(9)4(8)1-2-10-5/h1-2,5,7H,3H2. The van der Waals surface area contributed by atoms with Crippen LogP contribution in [0.5, 0.6) is 0 Å². The van der Waals surface area contributed by atoms with E-state index in [0.717, 1.165) is 12.3 Å². The second-order valence-corrected chi connectivity index (χ2v) is 1.84. The summed E-state index contributed by atoms with van der Waals surface area (Å²) in [4.78, 5) is 21.2. The van der Waals surface area contributed by atoms with Crippen molar-refractivity contribution in [1.29, 1.82) is 0 Å². The molecule has 54 valence electrons. The van der Waals surface area contributed by atoms with E-state index in [1.807, 2.05) is 0 Å².